The highest BCUT2D eigenvalue weighted by atomic mass is 16.5. The second-order valence-corrected chi connectivity index (χ2v) is 6.75. The fourth-order valence-corrected chi connectivity index (χ4v) is 3.54. The van der Waals surface area contributed by atoms with Crippen LogP contribution in [0.5, 0.6) is 0 Å². The van der Waals surface area contributed by atoms with Gasteiger partial charge >= 0.3 is 0 Å². The van der Waals surface area contributed by atoms with E-state index in [-0.39, 0.29) is 0 Å². The third kappa shape index (κ3) is 3.71. The molecule has 0 aromatic rings. The quantitative estimate of drug-likeness (QED) is 0.848. The van der Waals surface area contributed by atoms with Crippen molar-refractivity contribution in [3.63, 3.8) is 0 Å². The lowest BCUT2D eigenvalue weighted by Gasteiger charge is -2.48. The van der Waals surface area contributed by atoms with Crippen molar-refractivity contribution in [1.29, 1.82) is 0 Å². The molecule has 3 unspecified atom stereocenters. The molecular formula is C16H32N2O. The largest absolute Gasteiger partial charge is 0.381 e. The molecule has 3 atom stereocenters. The van der Waals surface area contributed by atoms with Crippen molar-refractivity contribution in [3.8, 4) is 0 Å². The zero-order valence-electron chi connectivity index (χ0n) is 13.2. The van der Waals surface area contributed by atoms with E-state index >= 15 is 0 Å². The lowest BCUT2D eigenvalue weighted by Crippen LogP contribution is -2.63. The number of piperazine rings is 1. The van der Waals surface area contributed by atoms with Crippen LogP contribution >= 0.6 is 0 Å². The van der Waals surface area contributed by atoms with Crippen LogP contribution in [-0.2, 0) is 4.74 Å². The Morgan fingerprint density at radius 3 is 2.47 bits per heavy atom. The Labute approximate surface area is 119 Å². The molecule has 19 heavy (non-hydrogen) atoms. The first-order valence-electron chi connectivity index (χ1n) is 8.20. The molecule has 3 heteroatoms. The molecule has 112 valence electrons. The molecule has 0 amide bonds. The molecule has 2 heterocycles. The standard InChI is InChI=1S/C16H32N2O/c1-5-13(4)15-11-18(14-6-8-19-9-7-14)16(10-17-15)12(2)3/h12-17H,5-11H2,1-4H3. The van der Waals surface area contributed by atoms with Gasteiger partial charge in [-0.3, -0.25) is 4.90 Å². The van der Waals surface area contributed by atoms with Crippen molar-refractivity contribution in [3.05, 3.63) is 0 Å². The molecule has 0 aromatic heterocycles. The minimum atomic E-state index is 0.669. The van der Waals surface area contributed by atoms with E-state index in [0.717, 1.165) is 37.6 Å². The molecule has 2 fully saturated rings. The van der Waals surface area contributed by atoms with Crippen LogP contribution in [0.3, 0.4) is 0 Å². The average molecular weight is 268 g/mol. The van der Waals surface area contributed by atoms with Crippen LogP contribution in [0.15, 0.2) is 0 Å². The summed E-state index contributed by atoms with van der Waals surface area (Å²) in [7, 11) is 0. The van der Waals surface area contributed by atoms with Crippen molar-refractivity contribution in [2.75, 3.05) is 26.3 Å². The molecule has 2 aliphatic rings. The summed E-state index contributed by atoms with van der Waals surface area (Å²) in [6, 6.07) is 2.11. The SMILES string of the molecule is CCC(C)C1CN(C2CCOCC2)C(C(C)C)CN1. The molecule has 0 radical (unpaired) electrons. The Morgan fingerprint density at radius 1 is 1.21 bits per heavy atom. The van der Waals surface area contributed by atoms with Crippen molar-refractivity contribution >= 4 is 0 Å². The molecule has 2 aliphatic heterocycles. The lowest BCUT2D eigenvalue weighted by atomic mass is 9.89. The smallest absolute Gasteiger partial charge is 0.0480 e. The summed E-state index contributed by atoms with van der Waals surface area (Å²) < 4.78 is 5.54. The normalized spacial score (nSPS) is 32.7. The second kappa shape index (κ2) is 7.05. The van der Waals surface area contributed by atoms with Crippen LogP contribution in [0.2, 0.25) is 0 Å². The maximum absolute atomic E-state index is 5.54. The fraction of sp³-hybridized carbons (Fsp3) is 1.00. The highest BCUT2D eigenvalue weighted by Crippen LogP contribution is 2.26. The van der Waals surface area contributed by atoms with Gasteiger partial charge in [0.2, 0.25) is 0 Å². The van der Waals surface area contributed by atoms with Gasteiger partial charge in [0.15, 0.2) is 0 Å². The van der Waals surface area contributed by atoms with Gasteiger partial charge in [-0.15, -0.1) is 0 Å². The first-order valence-corrected chi connectivity index (χ1v) is 8.20. The van der Waals surface area contributed by atoms with Gasteiger partial charge in [-0.1, -0.05) is 34.1 Å². The van der Waals surface area contributed by atoms with E-state index in [4.69, 9.17) is 4.74 Å². The Kier molecular flexibility index (Phi) is 5.67. The number of nitrogens with zero attached hydrogens (tertiary/aromatic N) is 1. The fourth-order valence-electron chi connectivity index (χ4n) is 3.54. The summed E-state index contributed by atoms with van der Waals surface area (Å²) in [5.41, 5.74) is 0. The molecule has 2 saturated heterocycles. The first kappa shape index (κ1) is 15.3. The minimum Gasteiger partial charge on any atom is -0.381 e. The maximum Gasteiger partial charge on any atom is 0.0480 e. The van der Waals surface area contributed by atoms with Crippen LogP contribution < -0.4 is 5.32 Å². The number of ether oxygens (including phenoxy) is 1. The van der Waals surface area contributed by atoms with Gasteiger partial charge in [-0.2, -0.15) is 0 Å². The van der Waals surface area contributed by atoms with Crippen LogP contribution in [0.4, 0.5) is 0 Å². The molecule has 0 aliphatic carbocycles. The van der Waals surface area contributed by atoms with Crippen LogP contribution in [-0.4, -0.2) is 49.3 Å². The number of nitrogens with one attached hydrogen (secondary N) is 1. The van der Waals surface area contributed by atoms with Crippen LogP contribution in [0.25, 0.3) is 0 Å². The van der Waals surface area contributed by atoms with E-state index in [1.165, 1.54) is 25.8 Å². The van der Waals surface area contributed by atoms with Crippen molar-refractivity contribution in [1.82, 2.24) is 10.2 Å². The molecule has 1 N–H and O–H groups in total. The Hall–Kier alpha value is -0.120. The topological polar surface area (TPSA) is 24.5 Å². The van der Waals surface area contributed by atoms with E-state index in [1.807, 2.05) is 0 Å². The predicted octanol–water partition coefficient (Wildman–Crippen LogP) is 2.51. The molecule has 0 spiro atoms. The van der Waals surface area contributed by atoms with Crippen LogP contribution in [0, 0.1) is 11.8 Å². The molecule has 0 saturated carbocycles. The van der Waals surface area contributed by atoms with Gasteiger partial charge in [0.05, 0.1) is 0 Å². The number of rotatable bonds is 4. The summed E-state index contributed by atoms with van der Waals surface area (Å²) in [4.78, 5) is 2.81. The molecule has 0 aromatic carbocycles. The third-order valence-electron chi connectivity index (χ3n) is 5.18. The van der Waals surface area contributed by atoms with Crippen molar-refractivity contribution in [2.24, 2.45) is 11.8 Å². The Morgan fingerprint density at radius 2 is 1.89 bits per heavy atom. The minimum absolute atomic E-state index is 0.669. The third-order valence-corrected chi connectivity index (χ3v) is 5.18. The average Bonchev–Trinajstić information content (AvgIpc) is 2.46. The van der Waals surface area contributed by atoms with E-state index in [2.05, 4.69) is 37.9 Å². The maximum atomic E-state index is 5.54. The highest BCUT2D eigenvalue weighted by molar-refractivity contribution is 4.93. The van der Waals surface area contributed by atoms with Gasteiger partial charge in [0, 0.05) is 44.4 Å². The molecule has 2 rings (SSSR count). The first-order chi connectivity index (χ1) is 9.13. The lowest BCUT2D eigenvalue weighted by molar-refractivity contribution is -0.0157. The Bertz CT molecular complexity index is 263. The second-order valence-electron chi connectivity index (χ2n) is 6.75. The molecule has 0 bridgehead atoms. The Balaban J connectivity index is 2.03. The number of hydrogen-bond acceptors (Lipinski definition) is 3. The van der Waals surface area contributed by atoms with Crippen molar-refractivity contribution < 1.29 is 4.74 Å². The van der Waals surface area contributed by atoms with Crippen LogP contribution in [0.1, 0.15) is 47.0 Å². The molecule has 3 nitrogen and oxygen atoms in total. The number of hydrogen-bond donors (Lipinski definition) is 1. The van der Waals surface area contributed by atoms with Crippen molar-refractivity contribution in [2.45, 2.75) is 65.1 Å². The summed E-state index contributed by atoms with van der Waals surface area (Å²) in [5, 5.41) is 3.80. The van der Waals surface area contributed by atoms with Gasteiger partial charge in [-0.25, -0.2) is 0 Å². The van der Waals surface area contributed by atoms with Gasteiger partial charge in [0.25, 0.3) is 0 Å². The highest BCUT2D eigenvalue weighted by Gasteiger charge is 2.36. The monoisotopic (exact) mass is 268 g/mol. The van der Waals surface area contributed by atoms with Gasteiger partial charge < -0.3 is 10.1 Å². The molecular weight excluding hydrogens is 236 g/mol. The van der Waals surface area contributed by atoms with E-state index in [1.54, 1.807) is 0 Å². The summed E-state index contributed by atoms with van der Waals surface area (Å²) in [6.07, 6.45) is 3.71. The zero-order valence-corrected chi connectivity index (χ0v) is 13.2. The van der Waals surface area contributed by atoms with Gasteiger partial charge in [-0.05, 0) is 24.7 Å². The predicted molar refractivity (Wildman–Crippen MR) is 80.4 cm³/mol. The summed E-state index contributed by atoms with van der Waals surface area (Å²) in [6.45, 7) is 13.7. The zero-order chi connectivity index (χ0) is 13.8. The van der Waals surface area contributed by atoms with E-state index in [0.29, 0.717) is 12.1 Å². The van der Waals surface area contributed by atoms with Gasteiger partial charge in [0.1, 0.15) is 0 Å². The summed E-state index contributed by atoms with van der Waals surface area (Å²) in [5.74, 6) is 1.50. The summed E-state index contributed by atoms with van der Waals surface area (Å²) >= 11 is 0. The van der Waals surface area contributed by atoms with E-state index < -0.39 is 0 Å². The van der Waals surface area contributed by atoms with E-state index in [9.17, 15) is 0 Å².